The molecule has 0 bridgehead atoms. The zero-order valence-corrected chi connectivity index (χ0v) is 10.0. The van der Waals surface area contributed by atoms with Gasteiger partial charge in [0.15, 0.2) is 0 Å². The molecule has 1 amide bonds. The Kier molecular flexibility index (Phi) is 8.21. The van der Waals surface area contributed by atoms with Crippen LogP contribution in [0.15, 0.2) is 4.88 Å². The zero-order valence-electron chi connectivity index (χ0n) is 9.01. The highest BCUT2D eigenvalue weighted by Gasteiger charge is 2.24. The highest BCUT2D eigenvalue weighted by molar-refractivity contribution is 7.34. The molecule has 0 aromatic rings. The molecule has 2 N–H and O–H groups in total. The number of nitrogens with zero attached hydrogens (tertiary/aromatic N) is 3. The summed E-state index contributed by atoms with van der Waals surface area (Å²) in [7, 11) is -0.451. The van der Waals surface area contributed by atoms with Crippen molar-refractivity contribution in [1.29, 1.82) is 0 Å². The predicted octanol–water partition coefficient (Wildman–Crippen LogP) is 2.20. The number of azide groups is 1. The van der Waals surface area contributed by atoms with E-state index in [1.165, 1.54) is 0 Å². The molecule has 90 valence electrons. The minimum Gasteiger partial charge on any atom is -0.481 e. The second-order valence-electron chi connectivity index (χ2n) is 3.18. The van der Waals surface area contributed by atoms with Crippen molar-refractivity contribution in [1.82, 2.24) is 5.09 Å². The fourth-order valence-corrected chi connectivity index (χ4v) is 1.53. The van der Waals surface area contributed by atoms with Crippen LogP contribution < -0.4 is 5.09 Å². The van der Waals surface area contributed by atoms with Crippen LogP contribution in [0.1, 0.15) is 32.6 Å². The largest absolute Gasteiger partial charge is 0.481 e. The van der Waals surface area contributed by atoms with E-state index < -0.39 is 26.7 Å². The molecule has 0 aromatic heterocycles. The molecule has 16 heavy (non-hydrogen) atoms. The van der Waals surface area contributed by atoms with Gasteiger partial charge in [-0.05, 0) is 12.0 Å². The SMILES string of the molecule is CCCCCC(C(=O)O)C(=O)NPN=[N+]=[N-]. The van der Waals surface area contributed by atoms with Gasteiger partial charge in [0.25, 0.3) is 0 Å². The molecule has 0 spiro atoms. The first-order valence-electron chi connectivity index (χ1n) is 4.95. The molecule has 0 aliphatic carbocycles. The number of carboxylic acids is 1. The summed E-state index contributed by atoms with van der Waals surface area (Å²) in [5.41, 5.74) is 8.00. The lowest BCUT2D eigenvalue weighted by Crippen LogP contribution is -2.30. The first kappa shape index (κ1) is 14.7. The van der Waals surface area contributed by atoms with E-state index in [9.17, 15) is 9.59 Å². The monoisotopic (exact) mass is 246 g/mol. The van der Waals surface area contributed by atoms with E-state index in [0.29, 0.717) is 12.8 Å². The Labute approximate surface area is 95.1 Å². The third-order valence-electron chi connectivity index (χ3n) is 1.98. The molecule has 0 heterocycles. The summed E-state index contributed by atoms with van der Waals surface area (Å²) in [6.45, 7) is 2.00. The van der Waals surface area contributed by atoms with Gasteiger partial charge in [-0.25, -0.2) is 0 Å². The number of rotatable bonds is 8. The molecule has 2 atom stereocenters. The average Bonchev–Trinajstić information content (AvgIpc) is 2.24. The molecular weight excluding hydrogens is 231 g/mol. The minimum atomic E-state index is -1.14. The van der Waals surface area contributed by atoms with Crippen molar-refractivity contribution >= 4 is 20.8 Å². The number of hydrogen-bond donors (Lipinski definition) is 2. The van der Waals surface area contributed by atoms with Crippen molar-refractivity contribution in [2.24, 2.45) is 10.8 Å². The highest BCUT2D eigenvalue weighted by Crippen LogP contribution is 2.14. The summed E-state index contributed by atoms with van der Waals surface area (Å²) in [5.74, 6) is -2.78. The molecule has 8 heteroatoms. The fourth-order valence-electron chi connectivity index (χ4n) is 1.15. The Morgan fingerprint density at radius 2 is 2.25 bits per heavy atom. The van der Waals surface area contributed by atoms with Crippen LogP contribution in [0.5, 0.6) is 0 Å². The molecule has 0 radical (unpaired) electrons. The second kappa shape index (κ2) is 8.95. The van der Waals surface area contributed by atoms with Gasteiger partial charge in [-0.15, -0.1) is 0 Å². The van der Waals surface area contributed by atoms with Crippen LogP contribution in [0.2, 0.25) is 0 Å². The van der Waals surface area contributed by atoms with Gasteiger partial charge in [0.05, 0.1) is 8.88 Å². The number of hydrogen-bond acceptors (Lipinski definition) is 3. The molecular formula is C8H15N4O3P. The molecule has 0 rings (SSSR count). The van der Waals surface area contributed by atoms with Crippen LogP contribution in [-0.4, -0.2) is 17.0 Å². The first-order valence-corrected chi connectivity index (χ1v) is 5.90. The van der Waals surface area contributed by atoms with E-state index in [0.717, 1.165) is 12.8 Å². The third kappa shape index (κ3) is 6.22. The Hall–Kier alpha value is -1.32. The van der Waals surface area contributed by atoms with E-state index in [1.54, 1.807) is 0 Å². The summed E-state index contributed by atoms with van der Waals surface area (Å²) in [4.78, 5) is 27.8. The number of unbranched alkanes of at least 4 members (excludes halogenated alkanes) is 2. The van der Waals surface area contributed by atoms with E-state index in [4.69, 9.17) is 10.6 Å². The van der Waals surface area contributed by atoms with Crippen molar-refractivity contribution in [2.45, 2.75) is 32.6 Å². The molecule has 0 saturated carbocycles. The van der Waals surface area contributed by atoms with E-state index in [1.807, 2.05) is 6.92 Å². The van der Waals surface area contributed by atoms with Crippen LogP contribution in [0.4, 0.5) is 0 Å². The van der Waals surface area contributed by atoms with Gasteiger partial charge in [0.1, 0.15) is 5.92 Å². The number of nitrogens with one attached hydrogen (secondary N) is 1. The van der Waals surface area contributed by atoms with E-state index >= 15 is 0 Å². The minimum absolute atomic E-state index is 0.315. The van der Waals surface area contributed by atoms with Crippen LogP contribution in [0.3, 0.4) is 0 Å². The lowest BCUT2D eigenvalue weighted by molar-refractivity contribution is -0.146. The van der Waals surface area contributed by atoms with Gasteiger partial charge in [-0.2, -0.15) is 0 Å². The van der Waals surface area contributed by atoms with Crippen LogP contribution in [0, 0.1) is 5.92 Å². The maximum Gasteiger partial charge on any atom is 0.316 e. The summed E-state index contributed by atoms with van der Waals surface area (Å²) in [5, 5.41) is 11.1. The zero-order chi connectivity index (χ0) is 12.4. The second-order valence-corrected chi connectivity index (χ2v) is 3.85. The van der Waals surface area contributed by atoms with Gasteiger partial charge >= 0.3 is 5.97 Å². The van der Waals surface area contributed by atoms with Gasteiger partial charge in [-0.1, -0.05) is 31.1 Å². The molecule has 0 aromatic carbocycles. The van der Waals surface area contributed by atoms with Gasteiger partial charge in [-0.3, -0.25) is 9.59 Å². The van der Waals surface area contributed by atoms with Crippen LogP contribution in [0.25, 0.3) is 10.4 Å². The topological polar surface area (TPSA) is 115 Å². The molecule has 0 saturated heterocycles. The normalized spacial score (nSPS) is 12.1. The number of carbonyl (C=O) groups excluding carboxylic acids is 1. The van der Waals surface area contributed by atoms with Crippen molar-refractivity contribution in [2.75, 3.05) is 0 Å². The molecule has 0 aliphatic rings. The highest BCUT2D eigenvalue weighted by atomic mass is 31.1. The predicted molar refractivity (Wildman–Crippen MR) is 60.9 cm³/mol. The summed E-state index contributed by atoms with van der Waals surface area (Å²) < 4.78 is 0. The lowest BCUT2D eigenvalue weighted by Gasteiger charge is -2.10. The average molecular weight is 246 g/mol. The molecule has 7 nitrogen and oxygen atoms in total. The van der Waals surface area contributed by atoms with Crippen molar-refractivity contribution < 1.29 is 14.7 Å². The maximum atomic E-state index is 11.4. The van der Waals surface area contributed by atoms with Crippen LogP contribution in [-0.2, 0) is 9.59 Å². The smallest absolute Gasteiger partial charge is 0.316 e. The number of amides is 1. The van der Waals surface area contributed by atoms with Crippen molar-refractivity contribution in [3.05, 3.63) is 10.4 Å². The van der Waals surface area contributed by atoms with Gasteiger partial charge in [0.2, 0.25) is 5.91 Å². The Morgan fingerprint density at radius 3 is 2.75 bits per heavy atom. The molecule has 2 unspecified atom stereocenters. The first-order chi connectivity index (χ1) is 7.63. The van der Waals surface area contributed by atoms with E-state index in [2.05, 4.69) is 14.9 Å². The van der Waals surface area contributed by atoms with E-state index in [-0.39, 0.29) is 0 Å². The van der Waals surface area contributed by atoms with Gasteiger partial charge in [0, 0.05) is 4.91 Å². The number of carbonyl (C=O) groups is 2. The maximum absolute atomic E-state index is 11.4. The van der Waals surface area contributed by atoms with Crippen LogP contribution >= 0.6 is 8.88 Å². The van der Waals surface area contributed by atoms with Gasteiger partial charge < -0.3 is 10.2 Å². The lowest BCUT2D eigenvalue weighted by atomic mass is 10.0. The Morgan fingerprint density at radius 1 is 1.56 bits per heavy atom. The molecule has 0 aliphatic heterocycles. The fraction of sp³-hybridized carbons (Fsp3) is 0.750. The number of carboxylic acid groups (broad SMARTS) is 1. The van der Waals surface area contributed by atoms with Crippen molar-refractivity contribution in [3.63, 3.8) is 0 Å². The Balaban J connectivity index is 4.13. The number of aliphatic carboxylic acids is 1. The summed E-state index contributed by atoms with van der Waals surface area (Å²) >= 11 is 0. The summed E-state index contributed by atoms with van der Waals surface area (Å²) in [6, 6.07) is 0. The third-order valence-corrected chi connectivity index (χ3v) is 2.53. The van der Waals surface area contributed by atoms with Crippen molar-refractivity contribution in [3.8, 4) is 0 Å². The standard InChI is InChI=1S/C8H15N4O3P/c1-2-3-4-5-6(8(14)15)7(13)10-16-12-11-9/h6,16H,2-5H2,1H3,(H,10,13)(H,14,15). The quantitative estimate of drug-likeness (QED) is 0.171. The summed E-state index contributed by atoms with van der Waals surface area (Å²) in [6.07, 6.45) is 2.88. The Bertz CT molecular complexity index is 291. The molecule has 0 fully saturated rings.